The molecule has 0 aromatic carbocycles. The number of rotatable bonds is 4. The minimum atomic E-state index is -0.287. The normalized spacial score (nSPS) is 24.9. The molecule has 0 bridgehead atoms. The number of carbonyl (C=O) groups is 1. The van der Waals surface area contributed by atoms with Crippen LogP contribution < -0.4 is 5.32 Å². The van der Waals surface area contributed by atoms with Gasteiger partial charge in [0, 0.05) is 32.3 Å². The van der Waals surface area contributed by atoms with Gasteiger partial charge in [-0.3, -0.25) is 4.79 Å². The van der Waals surface area contributed by atoms with E-state index >= 15 is 0 Å². The van der Waals surface area contributed by atoms with Crippen molar-refractivity contribution in [1.29, 1.82) is 0 Å². The molecule has 2 rings (SSSR count). The summed E-state index contributed by atoms with van der Waals surface area (Å²) in [6.45, 7) is 2.98. The van der Waals surface area contributed by atoms with E-state index in [0.29, 0.717) is 12.2 Å². The zero-order valence-corrected chi connectivity index (χ0v) is 9.99. The lowest BCUT2D eigenvalue weighted by Gasteiger charge is -2.22. The molecule has 0 aliphatic carbocycles. The Labute approximate surface area is 96.1 Å². The largest absolute Gasteiger partial charge is 0.338 e. The SMILES string of the molecule is Cn1ccnc1CCC(=O)C1(C)CCCN1. The van der Waals surface area contributed by atoms with Crippen molar-refractivity contribution in [3.63, 3.8) is 0 Å². The molecule has 1 aliphatic heterocycles. The summed E-state index contributed by atoms with van der Waals surface area (Å²) in [7, 11) is 1.96. The second-order valence-electron chi connectivity index (χ2n) is 4.74. The second kappa shape index (κ2) is 4.37. The molecule has 2 heterocycles. The summed E-state index contributed by atoms with van der Waals surface area (Å²) in [5, 5.41) is 3.30. The van der Waals surface area contributed by atoms with Crippen molar-refractivity contribution in [3.05, 3.63) is 18.2 Å². The number of Topliss-reactive ketones (excluding diaryl/α,β-unsaturated/α-hetero) is 1. The summed E-state index contributed by atoms with van der Waals surface area (Å²) in [5.41, 5.74) is -0.287. The Morgan fingerprint density at radius 3 is 3.06 bits per heavy atom. The van der Waals surface area contributed by atoms with Gasteiger partial charge in [-0.15, -0.1) is 0 Å². The molecule has 1 unspecified atom stereocenters. The van der Waals surface area contributed by atoms with Crippen molar-refractivity contribution >= 4 is 5.78 Å². The van der Waals surface area contributed by atoms with E-state index in [1.807, 2.05) is 24.7 Å². The Kier molecular flexibility index (Phi) is 3.10. The first kappa shape index (κ1) is 11.3. The molecule has 4 nitrogen and oxygen atoms in total. The molecule has 16 heavy (non-hydrogen) atoms. The van der Waals surface area contributed by atoms with Crippen molar-refractivity contribution in [1.82, 2.24) is 14.9 Å². The van der Waals surface area contributed by atoms with Gasteiger partial charge < -0.3 is 9.88 Å². The minimum absolute atomic E-state index is 0.287. The van der Waals surface area contributed by atoms with Crippen LogP contribution in [-0.4, -0.2) is 27.4 Å². The van der Waals surface area contributed by atoms with Crippen molar-refractivity contribution in [2.75, 3.05) is 6.54 Å². The van der Waals surface area contributed by atoms with Gasteiger partial charge in [0.05, 0.1) is 5.54 Å². The topological polar surface area (TPSA) is 46.9 Å². The van der Waals surface area contributed by atoms with Crippen molar-refractivity contribution in [3.8, 4) is 0 Å². The quantitative estimate of drug-likeness (QED) is 0.827. The third kappa shape index (κ3) is 2.16. The highest BCUT2D eigenvalue weighted by Gasteiger charge is 2.34. The average Bonchev–Trinajstić information content (AvgIpc) is 2.85. The van der Waals surface area contributed by atoms with Crippen LogP contribution in [0.2, 0.25) is 0 Å². The van der Waals surface area contributed by atoms with Gasteiger partial charge in [-0.25, -0.2) is 4.98 Å². The Morgan fingerprint density at radius 1 is 1.69 bits per heavy atom. The van der Waals surface area contributed by atoms with Crippen molar-refractivity contribution in [2.24, 2.45) is 7.05 Å². The predicted octanol–water partition coefficient (Wildman–Crippen LogP) is 1.06. The molecule has 0 saturated carbocycles. The molecular formula is C12H19N3O. The van der Waals surface area contributed by atoms with Crippen molar-refractivity contribution < 1.29 is 4.79 Å². The third-order valence-corrected chi connectivity index (χ3v) is 3.48. The lowest BCUT2D eigenvalue weighted by atomic mass is 9.91. The predicted molar refractivity (Wildman–Crippen MR) is 62.2 cm³/mol. The number of hydrogen-bond donors (Lipinski definition) is 1. The molecule has 1 fully saturated rings. The minimum Gasteiger partial charge on any atom is -0.338 e. The van der Waals surface area contributed by atoms with Crippen LogP contribution >= 0.6 is 0 Å². The number of carbonyl (C=O) groups excluding carboxylic acids is 1. The molecule has 1 aromatic rings. The molecule has 1 aromatic heterocycles. The highest BCUT2D eigenvalue weighted by Crippen LogP contribution is 2.21. The van der Waals surface area contributed by atoms with Crippen LogP contribution in [0, 0.1) is 0 Å². The van der Waals surface area contributed by atoms with Gasteiger partial charge in [0.15, 0.2) is 5.78 Å². The van der Waals surface area contributed by atoms with Gasteiger partial charge >= 0.3 is 0 Å². The van der Waals surface area contributed by atoms with Crippen LogP contribution in [0.25, 0.3) is 0 Å². The van der Waals surface area contributed by atoms with Gasteiger partial charge in [-0.05, 0) is 26.3 Å². The monoisotopic (exact) mass is 221 g/mol. The van der Waals surface area contributed by atoms with E-state index in [-0.39, 0.29) is 5.54 Å². The van der Waals surface area contributed by atoms with Gasteiger partial charge in [0.2, 0.25) is 0 Å². The third-order valence-electron chi connectivity index (χ3n) is 3.48. The van der Waals surface area contributed by atoms with Gasteiger partial charge in [-0.2, -0.15) is 0 Å². The molecule has 1 aliphatic rings. The maximum absolute atomic E-state index is 12.1. The maximum atomic E-state index is 12.1. The molecule has 0 amide bonds. The van der Waals surface area contributed by atoms with E-state index in [0.717, 1.165) is 31.6 Å². The average molecular weight is 221 g/mol. The smallest absolute Gasteiger partial charge is 0.153 e. The standard InChI is InChI=1S/C12H19N3O/c1-12(6-3-7-14-12)10(16)4-5-11-13-8-9-15(11)2/h8-9,14H,3-7H2,1-2H3. The number of hydrogen-bond acceptors (Lipinski definition) is 3. The zero-order valence-electron chi connectivity index (χ0n) is 9.99. The van der Waals surface area contributed by atoms with Crippen molar-refractivity contribution in [2.45, 2.75) is 38.1 Å². The van der Waals surface area contributed by atoms with E-state index in [1.165, 1.54) is 0 Å². The van der Waals surface area contributed by atoms with Gasteiger partial charge in [-0.1, -0.05) is 0 Å². The van der Waals surface area contributed by atoms with E-state index in [9.17, 15) is 4.79 Å². The van der Waals surface area contributed by atoms with Crippen LogP contribution in [0.15, 0.2) is 12.4 Å². The number of aryl methyl sites for hydroxylation is 2. The fourth-order valence-electron chi connectivity index (χ4n) is 2.27. The molecule has 0 radical (unpaired) electrons. The zero-order chi connectivity index (χ0) is 11.6. The Morgan fingerprint density at radius 2 is 2.50 bits per heavy atom. The van der Waals surface area contributed by atoms with E-state index < -0.39 is 0 Å². The molecule has 88 valence electrons. The van der Waals surface area contributed by atoms with E-state index in [1.54, 1.807) is 6.20 Å². The first-order valence-electron chi connectivity index (χ1n) is 5.86. The molecule has 4 heteroatoms. The van der Waals surface area contributed by atoms with Crippen LogP contribution in [-0.2, 0) is 18.3 Å². The lowest BCUT2D eigenvalue weighted by molar-refractivity contribution is -0.124. The van der Waals surface area contributed by atoms with E-state index in [2.05, 4.69) is 10.3 Å². The number of aromatic nitrogens is 2. The Balaban J connectivity index is 1.91. The molecule has 0 spiro atoms. The van der Waals surface area contributed by atoms with E-state index in [4.69, 9.17) is 0 Å². The summed E-state index contributed by atoms with van der Waals surface area (Å²) in [5.74, 6) is 1.29. The first-order valence-corrected chi connectivity index (χ1v) is 5.86. The number of nitrogens with zero attached hydrogens (tertiary/aromatic N) is 2. The Bertz CT molecular complexity index is 377. The molecule has 1 saturated heterocycles. The summed E-state index contributed by atoms with van der Waals surface area (Å²) >= 11 is 0. The molecule has 1 atom stereocenters. The van der Waals surface area contributed by atoms with Crippen LogP contribution in [0.1, 0.15) is 32.0 Å². The van der Waals surface area contributed by atoms with Gasteiger partial charge in [0.25, 0.3) is 0 Å². The van der Waals surface area contributed by atoms with Gasteiger partial charge in [0.1, 0.15) is 5.82 Å². The molecular weight excluding hydrogens is 202 g/mol. The summed E-state index contributed by atoms with van der Waals surface area (Å²) < 4.78 is 1.97. The van der Waals surface area contributed by atoms with Crippen LogP contribution in [0.3, 0.4) is 0 Å². The summed E-state index contributed by atoms with van der Waals surface area (Å²) in [6, 6.07) is 0. The molecule has 1 N–H and O–H groups in total. The van der Waals surface area contributed by atoms with Crippen LogP contribution in [0.4, 0.5) is 0 Å². The second-order valence-corrected chi connectivity index (χ2v) is 4.74. The highest BCUT2D eigenvalue weighted by atomic mass is 16.1. The fourth-order valence-corrected chi connectivity index (χ4v) is 2.27. The summed E-state index contributed by atoms with van der Waals surface area (Å²) in [4.78, 5) is 16.3. The first-order chi connectivity index (χ1) is 7.62. The maximum Gasteiger partial charge on any atom is 0.153 e. The highest BCUT2D eigenvalue weighted by molar-refractivity contribution is 5.88. The Hall–Kier alpha value is -1.16. The van der Waals surface area contributed by atoms with Crippen LogP contribution in [0.5, 0.6) is 0 Å². The number of imidazole rings is 1. The fraction of sp³-hybridized carbons (Fsp3) is 0.667. The number of nitrogens with one attached hydrogen (secondary N) is 1. The summed E-state index contributed by atoms with van der Waals surface area (Å²) in [6.07, 6.45) is 7.07. The lowest BCUT2D eigenvalue weighted by Crippen LogP contribution is -2.44. The number of ketones is 1.